The van der Waals surface area contributed by atoms with Crippen LogP contribution in [0.15, 0.2) is 36.4 Å². The normalized spacial score (nSPS) is 12.1. The average molecular weight is 353 g/mol. The van der Waals surface area contributed by atoms with Crippen molar-refractivity contribution < 1.29 is 4.90 Å². The summed E-state index contributed by atoms with van der Waals surface area (Å²) in [6.07, 6.45) is 0. The van der Waals surface area contributed by atoms with Crippen molar-refractivity contribution in [2.75, 3.05) is 32.5 Å². The molecule has 0 fully saturated rings. The zero-order valence-electron chi connectivity index (χ0n) is 16.7. The van der Waals surface area contributed by atoms with Crippen LogP contribution in [0.4, 0.5) is 5.82 Å². The number of quaternary nitrogens is 1. The molecule has 26 heavy (non-hydrogen) atoms. The van der Waals surface area contributed by atoms with Gasteiger partial charge in [-0.05, 0) is 12.5 Å². The van der Waals surface area contributed by atoms with Gasteiger partial charge in [0.05, 0.1) is 38.6 Å². The van der Waals surface area contributed by atoms with Gasteiger partial charge in [0.15, 0.2) is 5.65 Å². The molecule has 0 saturated heterocycles. The maximum Gasteiger partial charge on any atom is 0.165 e. The molecule has 1 aromatic carbocycles. The molecule has 0 amide bonds. The molecule has 0 aliphatic carbocycles. The maximum absolute atomic E-state index is 5.00. The molecule has 2 aromatic heterocycles. The lowest BCUT2D eigenvalue weighted by atomic mass is 9.92. The van der Waals surface area contributed by atoms with Crippen molar-refractivity contribution in [1.29, 1.82) is 0 Å². The monoisotopic (exact) mass is 352 g/mol. The number of anilines is 1. The Labute approximate surface area is 156 Å². The van der Waals surface area contributed by atoms with Crippen LogP contribution >= 0.6 is 0 Å². The highest BCUT2D eigenvalue weighted by Crippen LogP contribution is 2.31. The summed E-state index contributed by atoms with van der Waals surface area (Å²) < 4.78 is 1.96. The third-order valence-corrected chi connectivity index (χ3v) is 4.53. The number of hydrogen-bond donors (Lipinski definition) is 2. The SMILES string of the molecule is Cc1nn2c(NCC[NH+](C)C)cc(C(C)(C)C)nc2c1-c1ccccc1. The van der Waals surface area contributed by atoms with E-state index >= 15 is 0 Å². The van der Waals surface area contributed by atoms with Gasteiger partial charge in [0.2, 0.25) is 0 Å². The van der Waals surface area contributed by atoms with Crippen LogP contribution in [0, 0.1) is 6.92 Å². The molecule has 0 unspecified atom stereocenters. The Morgan fingerprint density at radius 1 is 1.12 bits per heavy atom. The Bertz CT molecular complexity index is 888. The van der Waals surface area contributed by atoms with E-state index in [-0.39, 0.29) is 5.41 Å². The molecule has 0 aliphatic rings. The van der Waals surface area contributed by atoms with Crippen LogP contribution in [0.2, 0.25) is 0 Å². The lowest BCUT2D eigenvalue weighted by Crippen LogP contribution is -3.06. The maximum atomic E-state index is 5.00. The summed E-state index contributed by atoms with van der Waals surface area (Å²) >= 11 is 0. The third-order valence-electron chi connectivity index (χ3n) is 4.53. The molecule has 0 aliphatic heterocycles. The second-order valence-electron chi connectivity index (χ2n) is 8.22. The zero-order chi connectivity index (χ0) is 18.9. The summed E-state index contributed by atoms with van der Waals surface area (Å²) in [4.78, 5) is 6.42. The number of nitrogens with zero attached hydrogens (tertiary/aromatic N) is 3. The van der Waals surface area contributed by atoms with E-state index in [1.807, 2.05) is 10.6 Å². The number of fused-ring (bicyclic) bond motifs is 1. The second-order valence-corrected chi connectivity index (χ2v) is 8.22. The topological polar surface area (TPSA) is 46.7 Å². The summed E-state index contributed by atoms with van der Waals surface area (Å²) in [7, 11) is 4.33. The van der Waals surface area contributed by atoms with Crippen LogP contribution in [0.1, 0.15) is 32.2 Å². The minimum Gasteiger partial charge on any atom is -0.364 e. The van der Waals surface area contributed by atoms with Gasteiger partial charge in [-0.1, -0.05) is 51.1 Å². The van der Waals surface area contributed by atoms with E-state index in [1.165, 1.54) is 4.90 Å². The fourth-order valence-electron chi connectivity index (χ4n) is 3.02. The van der Waals surface area contributed by atoms with Gasteiger partial charge in [-0.25, -0.2) is 4.98 Å². The van der Waals surface area contributed by atoms with Gasteiger partial charge in [0.1, 0.15) is 5.82 Å². The van der Waals surface area contributed by atoms with E-state index in [1.54, 1.807) is 0 Å². The van der Waals surface area contributed by atoms with E-state index in [0.717, 1.165) is 47.1 Å². The Kier molecular flexibility index (Phi) is 5.01. The number of aromatic nitrogens is 3. The third kappa shape index (κ3) is 3.73. The zero-order valence-corrected chi connectivity index (χ0v) is 16.7. The smallest absolute Gasteiger partial charge is 0.165 e. The highest BCUT2D eigenvalue weighted by Gasteiger charge is 2.22. The predicted octanol–water partition coefficient (Wildman–Crippen LogP) is 2.56. The molecule has 0 bridgehead atoms. The van der Waals surface area contributed by atoms with Gasteiger partial charge in [0, 0.05) is 17.0 Å². The minimum atomic E-state index is -0.0306. The molecule has 0 saturated carbocycles. The molecule has 3 rings (SSSR count). The van der Waals surface area contributed by atoms with Gasteiger partial charge in [-0.3, -0.25) is 0 Å². The largest absolute Gasteiger partial charge is 0.364 e. The van der Waals surface area contributed by atoms with Crippen molar-refractivity contribution in [1.82, 2.24) is 14.6 Å². The summed E-state index contributed by atoms with van der Waals surface area (Å²) in [5, 5.41) is 8.36. The van der Waals surface area contributed by atoms with Gasteiger partial charge < -0.3 is 10.2 Å². The van der Waals surface area contributed by atoms with E-state index < -0.39 is 0 Å². The van der Waals surface area contributed by atoms with Crippen molar-refractivity contribution in [3.63, 3.8) is 0 Å². The predicted molar refractivity (Wildman–Crippen MR) is 108 cm³/mol. The summed E-state index contributed by atoms with van der Waals surface area (Å²) in [5.74, 6) is 1.01. The first kappa shape index (κ1) is 18.4. The fraction of sp³-hybridized carbons (Fsp3) is 0.429. The van der Waals surface area contributed by atoms with Crippen molar-refractivity contribution in [2.45, 2.75) is 33.1 Å². The summed E-state index contributed by atoms with van der Waals surface area (Å²) in [6, 6.07) is 12.5. The van der Waals surface area contributed by atoms with Crippen molar-refractivity contribution >= 4 is 11.5 Å². The van der Waals surface area contributed by atoms with Crippen LogP contribution < -0.4 is 10.2 Å². The van der Waals surface area contributed by atoms with Crippen LogP contribution in [0.25, 0.3) is 16.8 Å². The highest BCUT2D eigenvalue weighted by molar-refractivity contribution is 5.81. The van der Waals surface area contributed by atoms with E-state index in [9.17, 15) is 0 Å². The average Bonchev–Trinajstić information content (AvgIpc) is 2.90. The quantitative estimate of drug-likeness (QED) is 0.742. The van der Waals surface area contributed by atoms with Gasteiger partial charge in [-0.2, -0.15) is 9.61 Å². The summed E-state index contributed by atoms with van der Waals surface area (Å²) in [5.41, 5.74) is 5.22. The first-order chi connectivity index (χ1) is 12.3. The van der Waals surface area contributed by atoms with E-state index in [0.29, 0.717) is 0 Å². The number of benzene rings is 1. The molecule has 5 nitrogen and oxygen atoms in total. The fourth-order valence-corrected chi connectivity index (χ4v) is 3.02. The Balaban J connectivity index is 2.17. The van der Waals surface area contributed by atoms with Crippen LogP contribution in [-0.4, -0.2) is 41.8 Å². The van der Waals surface area contributed by atoms with Crippen LogP contribution in [0.5, 0.6) is 0 Å². The molecule has 3 aromatic rings. The Hall–Kier alpha value is -2.40. The molecular weight excluding hydrogens is 322 g/mol. The number of nitrogens with one attached hydrogen (secondary N) is 2. The first-order valence-corrected chi connectivity index (χ1v) is 9.26. The molecule has 2 heterocycles. The van der Waals surface area contributed by atoms with Gasteiger partial charge >= 0.3 is 0 Å². The summed E-state index contributed by atoms with van der Waals surface area (Å²) in [6.45, 7) is 10.6. The van der Waals surface area contributed by atoms with Gasteiger partial charge in [0.25, 0.3) is 0 Å². The molecule has 5 heteroatoms. The molecule has 0 atom stereocenters. The lowest BCUT2D eigenvalue weighted by molar-refractivity contribution is -0.856. The number of hydrogen-bond acceptors (Lipinski definition) is 3. The standard InChI is InChI=1S/C21H29N5/c1-15-19(16-10-8-7-9-11-16)20-23-17(21(2,3)4)14-18(26(20)24-15)22-12-13-25(5)6/h7-11,14,22H,12-13H2,1-6H3/p+1. The lowest BCUT2D eigenvalue weighted by Gasteiger charge is -2.20. The second kappa shape index (κ2) is 7.08. The molecule has 2 N–H and O–H groups in total. The number of rotatable bonds is 5. The molecular formula is C21H30N5+. The van der Waals surface area contributed by atoms with E-state index in [4.69, 9.17) is 10.1 Å². The number of aryl methyl sites for hydroxylation is 1. The first-order valence-electron chi connectivity index (χ1n) is 9.26. The molecule has 0 spiro atoms. The Morgan fingerprint density at radius 2 is 1.81 bits per heavy atom. The molecule has 0 radical (unpaired) electrons. The van der Waals surface area contributed by atoms with Gasteiger partial charge in [-0.15, -0.1) is 0 Å². The van der Waals surface area contributed by atoms with E-state index in [2.05, 4.69) is 77.4 Å². The minimum absolute atomic E-state index is 0.0306. The van der Waals surface area contributed by atoms with Crippen molar-refractivity contribution in [3.05, 3.63) is 47.8 Å². The molecule has 138 valence electrons. The Morgan fingerprint density at radius 3 is 2.42 bits per heavy atom. The van der Waals surface area contributed by atoms with Crippen LogP contribution in [0.3, 0.4) is 0 Å². The number of likely N-dealkylation sites (N-methyl/N-ethyl adjacent to an activating group) is 1. The highest BCUT2D eigenvalue weighted by atomic mass is 15.3. The van der Waals surface area contributed by atoms with Crippen LogP contribution in [-0.2, 0) is 5.41 Å². The van der Waals surface area contributed by atoms with Crippen molar-refractivity contribution in [3.8, 4) is 11.1 Å². The van der Waals surface area contributed by atoms with Crippen molar-refractivity contribution in [2.24, 2.45) is 0 Å².